The maximum Gasteiger partial charge on any atom is 0.255 e. The first-order valence-electron chi connectivity index (χ1n) is 6.05. The number of nitrogens with zero attached hydrogens (tertiary/aromatic N) is 1. The maximum absolute atomic E-state index is 13.4. The van der Waals surface area contributed by atoms with Gasteiger partial charge >= 0.3 is 0 Å². The molecule has 0 aromatic rings. The number of hydrogen-bond donors (Lipinski definition) is 0. The van der Waals surface area contributed by atoms with E-state index in [1.165, 1.54) is 6.42 Å². The third kappa shape index (κ3) is 1.05. The summed E-state index contributed by atoms with van der Waals surface area (Å²) in [7, 11) is 0. The number of halogens is 2. The Hall–Kier alpha value is -0.180. The average molecular weight is 215 g/mol. The Balaban J connectivity index is 1.90. The van der Waals surface area contributed by atoms with E-state index in [2.05, 4.69) is 18.7 Å². The molecule has 3 aliphatic rings. The number of rotatable bonds is 1. The fourth-order valence-corrected chi connectivity index (χ4v) is 4.00. The van der Waals surface area contributed by atoms with Crippen LogP contribution in [0.4, 0.5) is 8.78 Å². The van der Waals surface area contributed by atoms with Gasteiger partial charge in [-0.15, -0.1) is 0 Å². The summed E-state index contributed by atoms with van der Waals surface area (Å²) in [5.74, 6) is -1.85. The zero-order valence-corrected chi connectivity index (χ0v) is 9.52. The second-order valence-corrected chi connectivity index (χ2v) is 6.12. The van der Waals surface area contributed by atoms with Gasteiger partial charge in [0, 0.05) is 18.5 Å². The first-order chi connectivity index (χ1) is 6.92. The number of fused-ring (bicyclic) bond motifs is 1. The normalized spacial score (nSPS) is 47.8. The zero-order chi connectivity index (χ0) is 10.9. The van der Waals surface area contributed by atoms with Gasteiger partial charge in [0.1, 0.15) is 0 Å². The number of hydrogen-bond acceptors (Lipinski definition) is 1. The molecule has 1 saturated carbocycles. The minimum Gasteiger partial charge on any atom is -0.297 e. The molecule has 1 nitrogen and oxygen atoms in total. The van der Waals surface area contributed by atoms with E-state index in [1.54, 1.807) is 0 Å². The standard InChI is InChI=1S/C12H19F2N/c1-9(2)11-4-3-5-15(11)8-10(6-11)7-12(10,13)14/h9H,3-8H2,1-2H3/t10-,11-/m1/s1. The smallest absolute Gasteiger partial charge is 0.255 e. The zero-order valence-electron chi connectivity index (χ0n) is 9.52. The highest BCUT2D eigenvalue weighted by Gasteiger charge is 2.77. The molecule has 3 fully saturated rings. The van der Waals surface area contributed by atoms with E-state index in [0.717, 1.165) is 19.4 Å². The Bertz CT molecular complexity index is 302. The summed E-state index contributed by atoms with van der Waals surface area (Å²) in [5.41, 5.74) is -0.516. The molecule has 0 amide bonds. The van der Waals surface area contributed by atoms with Crippen LogP contribution >= 0.6 is 0 Å². The van der Waals surface area contributed by atoms with E-state index in [9.17, 15) is 8.78 Å². The van der Waals surface area contributed by atoms with Crippen LogP contribution < -0.4 is 0 Å². The molecule has 0 aromatic carbocycles. The van der Waals surface area contributed by atoms with E-state index in [4.69, 9.17) is 0 Å². The quantitative estimate of drug-likeness (QED) is 0.650. The van der Waals surface area contributed by atoms with Crippen LogP contribution in [0.1, 0.15) is 39.5 Å². The van der Waals surface area contributed by atoms with Crippen molar-refractivity contribution in [2.75, 3.05) is 13.1 Å². The second-order valence-electron chi connectivity index (χ2n) is 6.12. The molecular weight excluding hydrogens is 196 g/mol. The van der Waals surface area contributed by atoms with Gasteiger partial charge in [-0.1, -0.05) is 13.8 Å². The van der Waals surface area contributed by atoms with Gasteiger partial charge in [-0.2, -0.15) is 0 Å². The first-order valence-corrected chi connectivity index (χ1v) is 6.05. The van der Waals surface area contributed by atoms with Gasteiger partial charge in [-0.05, 0) is 31.7 Å². The molecule has 0 aromatic heterocycles. The lowest BCUT2D eigenvalue weighted by molar-refractivity contribution is 0.0651. The number of alkyl halides is 2. The lowest BCUT2D eigenvalue weighted by Crippen LogP contribution is -2.42. The van der Waals surface area contributed by atoms with Gasteiger partial charge in [0.05, 0.1) is 5.41 Å². The third-order valence-corrected chi connectivity index (χ3v) is 5.09. The van der Waals surface area contributed by atoms with Crippen LogP contribution in [0.3, 0.4) is 0 Å². The van der Waals surface area contributed by atoms with Crippen LogP contribution in [0.2, 0.25) is 0 Å². The van der Waals surface area contributed by atoms with E-state index in [1.807, 2.05) is 0 Å². The summed E-state index contributed by atoms with van der Waals surface area (Å²) in [6.45, 7) is 6.07. The summed E-state index contributed by atoms with van der Waals surface area (Å²) in [5, 5.41) is 0. The van der Waals surface area contributed by atoms with Crippen molar-refractivity contribution < 1.29 is 8.78 Å². The predicted molar refractivity (Wildman–Crippen MR) is 55.0 cm³/mol. The molecule has 2 aliphatic heterocycles. The van der Waals surface area contributed by atoms with Crippen LogP contribution in [0, 0.1) is 11.3 Å². The minimum absolute atomic E-state index is 0.111. The molecule has 3 rings (SSSR count). The van der Waals surface area contributed by atoms with Crippen LogP contribution in [-0.4, -0.2) is 29.5 Å². The minimum atomic E-state index is -2.36. The van der Waals surface area contributed by atoms with Crippen LogP contribution in [0.25, 0.3) is 0 Å². The topological polar surface area (TPSA) is 3.24 Å². The Labute approximate surface area is 89.8 Å². The monoisotopic (exact) mass is 215 g/mol. The Morgan fingerprint density at radius 1 is 1.20 bits per heavy atom. The van der Waals surface area contributed by atoms with E-state index in [0.29, 0.717) is 12.5 Å². The first kappa shape index (κ1) is 10.0. The fraction of sp³-hybridized carbons (Fsp3) is 1.00. The van der Waals surface area contributed by atoms with Crippen molar-refractivity contribution >= 4 is 0 Å². The molecular formula is C12H19F2N. The van der Waals surface area contributed by atoms with Crippen molar-refractivity contribution in [3.63, 3.8) is 0 Å². The van der Waals surface area contributed by atoms with Crippen LogP contribution in [-0.2, 0) is 0 Å². The van der Waals surface area contributed by atoms with Crippen molar-refractivity contribution in [1.29, 1.82) is 0 Å². The molecule has 2 atom stereocenters. The molecule has 15 heavy (non-hydrogen) atoms. The lowest BCUT2D eigenvalue weighted by Gasteiger charge is -2.36. The van der Waals surface area contributed by atoms with Gasteiger partial charge in [0.25, 0.3) is 5.92 Å². The molecule has 2 saturated heterocycles. The largest absolute Gasteiger partial charge is 0.297 e. The molecule has 1 spiro atoms. The highest BCUT2D eigenvalue weighted by Crippen LogP contribution is 2.70. The second kappa shape index (κ2) is 2.55. The predicted octanol–water partition coefficient (Wildman–Crippen LogP) is 2.91. The van der Waals surface area contributed by atoms with E-state index < -0.39 is 11.3 Å². The lowest BCUT2D eigenvalue weighted by atomic mass is 9.79. The van der Waals surface area contributed by atoms with Crippen molar-refractivity contribution in [1.82, 2.24) is 4.90 Å². The van der Waals surface area contributed by atoms with Gasteiger partial charge in [0.2, 0.25) is 0 Å². The summed E-state index contributed by atoms with van der Waals surface area (Å²) >= 11 is 0. The van der Waals surface area contributed by atoms with Crippen molar-refractivity contribution in [3.8, 4) is 0 Å². The summed E-state index contributed by atoms with van der Waals surface area (Å²) in [6, 6.07) is 0. The molecule has 3 heteroatoms. The SMILES string of the molecule is CC(C)[C@]12CCCN1C[C@]1(CC1(F)F)C2. The van der Waals surface area contributed by atoms with Gasteiger partial charge in [0.15, 0.2) is 0 Å². The average Bonchev–Trinajstić information content (AvgIpc) is 2.46. The van der Waals surface area contributed by atoms with E-state index >= 15 is 0 Å². The van der Waals surface area contributed by atoms with Gasteiger partial charge in [-0.25, -0.2) is 8.78 Å². The van der Waals surface area contributed by atoms with Crippen molar-refractivity contribution in [2.45, 2.75) is 51.0 Å². The molecule has 0 unspecified atom stereocenters. The van der Waals surface area contributed by atoms with Crippen molar-refractivity contribution in [2.24, 2.45) is 11.3 Å². The Kier molecular flexibility index (Phi) is 1.70. The fourth-order valence-electron chi connectivity index (χ4n) is 4.00. The maximum atomic E-state index is 13.4. The van der Waals surface area contributed by atoms with Gasteiger partial charge in [-0.3, -0.25) is 4.90 Å². The molecule has 1 aliphatic carbocycles. The molecule has 0 bridgehead atoms. The van der Waals surface area contributed by atoms with Gasteiger partial charge < -0.3 is 0 Å². The van der Waals surface area contributed by atoms with Crippen LogP contribution in [0.5, 0.6) is 0 Å². The molecule has 2 heterocycles. The molecule has 0 N–H and O–H groups in total. The summed E-state index contributed by atoms with van der Waals surface area (Å²) in [4.78, 5) is 2.36. The third-order valence-electron chi connectivity index (χ3n) is 5.09. The van der Waals surface area contributed by atoms with Crippen LogP contribution in [0.15, 0.2) is 0 Å². The molecule has 0 radical (unpaired) electrons. The highest BCUT2D eigenvalue weighted by molar-refractivity contribution is 5.22. The summed E-state index contributed by atoms with van der Waals surface area (Å²) < 4.78 is 26.8. The van der Waals surface area contributed by atoms with E-state index in [-0.39, 0.29) is 12.0 Å². The van der Waals surface area contributed by atoms with Crippen molar-refractivity contribution in [3.05, 3.63) is 0 Å². The molecule has 86 valence electrons. The highest BCUT2D eigenvalue weighted by atomic mass is 19.3. The Morgan fingerprint density at radius 2 is 1.87 bits per heavy atom. The Morgan fingerprint density at radius 3 is 2.33 bits per heavy atom. The summed E-state index contributed by atoms with van der Waals surface area (Å²) in [6.07, 6.45) is 3.21.